The largest absolute Gasteiger partial charge is 0.495 e. The van der Waals surface area contributed by atoms with Crippen molar-refractivity contribution in [2.75, 3.05) is 12.8 Å². The molecule has 0 radical (unpaired) electrons. The summed E-state index contributed by atoms with van der Waals surface area (Å²) in [5.74, 6) is 1.43. The lowest BCUT2D eigenvalue weighted by Gasteiger charge is -2.06. The molecule has 2 heterocycles. The van der Waals surface area contributed by atoms with Gasteiger partial charge < -0.3 is 10.5 Å². The number of ether oxygens (including phenoxy) is 1. The zero-order chi connectivity index (χ0) is 13.4. The Labute approximate surface area is 110 Å². The summed E-state index contributed by atoms with van der Waals surface area (Å²) in [6, 6.07) is 9.56. The number of fused-ring (bicyclic) bond motifs is 1. The maximum atomic E-state index is 5.93. The molecular weight excluding hydrogens is 240 g/mol. The Balaban J connectivity index is 2.18. The summed E-state index contributed by atoms with van der Waals surface area (Å²) in [6.45, 7) is 2.03. The molecule has 0 fully saturated rings. The number of aryl methyl sites for hydroxylation is 1. The Morgan fingerprint density at radius 3 is 2.74 bits per heavy atom. The second-order valence-electron chi connectivity index (χ2n) is 4.41. The van der Waals surface area contributed by atoms with E-state index in [1.807, 2.05) is 47.9 Å². The third kappa shape index (κ3) is 1.89. The van der Waals surface area contributed by atoms with Crippen molar-refractivity contribution in [1.82, 2.24) is 14.6 Å². The molecule has 0 saturated carbocycles. The van der Waals surface area contributed by atoms with Crippen LogP contribution < -0.4 is 10.5 Å². The summed E-state index contributed by atoms with van der Waals surface area (Å²) in [5, 5.41) is 8.37. The molecule has 0 unspecified atom stereocenters. The number of methoxy groups -OCH3 is 1. The zero-order valence-corrected chi connectivity index (χ0v) is 10.8. The van der Waals surface area contributed by atoms with Gasteiger partial charge in [0, 0.05) is 11.8 Å². The van der Waals surface area contributed by atoms with Gasteiger partial charge in [0.15, 0.2) is 11.5 Å². The van der Waals surface area contributed by atoms with Gasteiger partial charge in [-0.05, 0) is 36.8 Å². The van der Waals surface area contributed by atoms with E-state index in [4.69, 9.17) is 10.5 Å². The molecule has 0 amide bonds. The van der Waals surface area contributed by atoms with Crippen molar-refractivity contribution in [2.45, 2.75) is 6.92 Å². The summed E-state index contributed by atoms with van der Waals surface area (Å²) in [7, 11) is 1.60. The number of nitrogens with zero attached hydrogens (tertiary/aromatic N) is 3. The van der Waals surface area contributed by atoms with Gasteiger partial charge in [0.05, 0.1) is 12.8 Å². The van der Waals surface area contributed by atoms with Crippen molar-refractivity contribution < 1.29 is 4.74 Å². The first-order valence-corrected chi connectivity index (χ1v) is 5.94. The molecule has 19 heavy (non-hydrogen) atoms. The van der Waals surface area contributed by atoms with Crippen LogP contribution in [0.25, 0.3) is 17.0 Å². The van der Waals surface area contributed by atoms with Crippen molar-refractivity contribution in [1.29, 1.82) is 0 Å². The van der Waals surface area contributed by atoms with Gasteiger partial charge in [0.2, 0.25) is 0 Å². The summed E-state index contributed by atoms with van der Waals surface area (Å²) < 4.78 is 7.11. The van der Waals surface area contributed by atoms with Crippen LogP contribution in [-0.2, 0) is 0 Å². The summed E-state index contributed by atoms with van der Waals surface area (Å²) in [5.41, 5.74) is 9.39. The van der Waals surface area contributed by atoms with Crippen molar-refractivity contribution in [3.05, 3.63) is 42.1 Å². The highest BCUT2D eigenvalue weighted by Gasteiger charge is 2.10. The van der Waals surface area contributed by atoms with E-state index in [1.54, 1.807) is 7.11 Å². The van der Waals surface area contributed by atoms with Crippen LogP contribution in [0.4, 0.5) is 5.69 Å². The van der Waals surface area contributed by atoms with Crippen molar-refractivity contribution in [3.63, 3.8) is 0 Å². The maximum absolute atomic E-state index is 5.93. The van der Waals surface area contributed by atoms with Gasteiger partial charge >= 0.3 is 0 Å². The predicted molar refractivity (Wildman–Crippen MR) is 74.1 cm³/mol. The molecule has 5 heteroatoms. The van der Waals surface area contributed by atoms with Crippen LogP contribution in [0.3, 0.4) is 0 Å². The first-order chi connectivity index (χ1) is 9.19. The number of rotatable bonds is 2. The molecule has 1 aromatic carbocycles. The van der Waals surface area contributed by atoms with Crippen LogP contribution in [0.2, 0.25) is 0 Å². The molecule has 0 spiro atoms. The molecule has 5 nitrogen and oxygen atoms in total. The minimum atomic E-state index is 0.587. The molecule has 3 aromatic rings. The first kappa shape index (κ1) is 11.5. The van der Waals surface area contributed by atoms with Crippen LogP contribution in [0, 0.1) is 6.92 Å². The zero-order valence-electron chi connectivity index (χ0n) is 10.8. The lowest BCUT2D eigenvalue weighted by molar-refractivity contribution is 0.417. The lowest BCUT2D eigenvalue weighted by Crippen LogP contribution is -1.95. The molecule has 0 aliphatic heterocycles. The molecule has 2 N–H and O–H groups in total. The van der Waals surface area contributed by atoms with Crippen LogP contribution in [0.5, 0.6) is 5.75 Å². The normalized spacial score (nSPS) is 10.8. The number of hydrogen-bond acceptors (Lipinski definition) is 4. The highest BCUT2D eigenvalue weighted by Crippen LogP contribution is 2.27. The number of anilines is 1. The number of nitrogens with two attached hydrogens (primary N) is 1. The molecule has 0 saturated heterocycles. The van der Waals surface area contributed by atoms with Gasteiger partial charge in [-0.2, -0.15) is 0 Å². The van der Waals surface area contributed by atoms with Crippen LogP contribution in [0.15, 0.2) is 36.5 Å². The Bertz CT molecular complexity index is 748. The fourth-order valence-electron chi connectivity index (χ4n) is 2.07. The number of benzene rings is 1. The van der Waals surface area contributed by atoms with Crippen molar-refractivity contribution in [3.8, 4) is 17.1 Å². The van der Waals surface area contributed by atoms with Gasteiger partial charge in [0.1, 0.15) is 5.75 Å². The first-order valence-electron chi connectivity index (χ1n) is 5.94. The Morgan fingerprint density at radius 1 is 1.16 bits per heavy atom. The van der Waals surface area contributed by atoms with Crippen LogP contribution in [0.1, 0.15) is 5.56 Å². The van der Waals surface area contributed by atoms with E-state index in [1.165, 1.54) is 0 Å². The third-order valence-electron chi connectivity index (χ3n) is 3.04. The average Bonchev–Trinajstić information content (AvgIpc) is 2.81. The number of hydrogen-bond donors (Lipinski definition) is 1. The van der Waals surface area contributed by atoms with Gasteiger partial charge in [0.25, 0.3) is 0 Å². The van der Waals surface area contributed by atoms with Gasteiger partial charge in [-0.3, -0.25) is 4.40 Å². The highest BCUT2D eigenvalue weighted by atomic mass is 16.5. The minimum absolute atomic E-state index is 0.587. The summed E-state index contributed by atoms with van der Waals surface area (Å²) in [4.78, 5) is 0. The van der Waals surface area contributed by atoms with Crippen LogP contribution >= 0.6 is 0 Å². The van der Waals surface area contributed by atoms with E-state index < -0.39 is 0 Å². The van der Waals surface area contributed by atoms with E-state index in [9.17, 15) is 0 Å². The molecule has 2 aromatic heterocycles. The second kappa shape index (κ2) is 4.28. The summed E-state index contributed by atoms with van der Waals surface area (Å²) >= 11 is 0. The van der Waals surface area contributed by atoms with Crippen molar-refractivity contribution in [2.24, 2.45) is 0 Å². The number of pyridine rings is 1. The summed E-state index contributed by atoms with van der Waals surface area (Å²) in [6.07, 6.45) is 2.01. The van der Waals surface area contributed by atoms with Gasteiger partial charge in [-0.1, -0.05) is 6.07 Å². The predicted octanol–water partition coefficient (Wildman–Crippen LogP) is 2.30. The smallest absolute Gasteiger partial charge is 0.168 e. The van der Waals surface area contributed by atoms with Gasteiger partial charge in [-0.15, -0.1) is 10.2 Å². The number of nitrogen functional groups attached to an aromatic ring is 1. The van der Waals surface area contributed by atoms with E-state index >= 15 is 0 Å². The monoisotopic (exact) mass is 254 g/mol. The quantitative estimate of drug-likeness (QED) is 0.713. The Hall–Kier alpha value is -2.56. The molecule has 0 atom stereocenters. The maximum Gasteiger partial charge on any atom is 0.168 e. The van der Waals surface area contributed by atoms with E-state index in [-0.39, 0.29) is 0 Å². The minimum Gasteiger partial charge on any atom is -0.495 e. The Kier molecular flexibility index (Phi) is 2.59. The molecule has 0 aliphatic rings. The second-order valence-corrected chi connectivity index (χ2v) is 4.41. The average molecular weight is 254 g/mol. The molecule has 0 aliphatic carbocycles. The highest BCUT2D eigenvalue weighted by molar-refractivity contribution is 5.68. The number of aromatic nitrogens is 3. The molecular formula is C14H14N4O. The standard InChI is InChI=1S/C14H14N4O/c1-9-3-6-13-16-17-14(18(13)8-9)10-4-5-12(19-2)11(15)7-10/h3-8H,15H2,1-2H3. The lowest BCUT2D eigenvalue weighted by atomic mass is 10.1. The van der Waals surface area contributed by atoms with E-state index in [2.05, 4.69) is 10.2 Å². The topological polar surface area (TPSA) is 65.4 Å². The fourth-order valence-corrected chi connectivity index (χ4v) is 2.07. The van der Waals surface area contributed by atoms with Gasteiger partial charge in [-0.25, -0.2) is 0 Å². The third-order valence-corrected chi connectivity index (χ3v) is 3.04. The molecule has 96 valence electrons. The Morgan fingerprint density at radius 2 is 2.00 bits per heavy atom. The van der Waals surface area contributed by atoms with Crippen LogP contribution in [-0.4, -0.2) is 21.7 Å². The van der Waals surface area contributed by atoms with Crippen molar-refractivity contribution >= 4 is 11.3 Å². The van der Waals surface area contributed by atoms with E-state index in [0.29, 0.717) is 11.4 Å². The SMILES string of the molecule is COc1ccc(-c2nnc3ccc(C)cn23)cc1N. The molecule has 3 rings (SSSR count). The molecule has 0 bridgehead atoms. The van der Waals surface area contributed by atoms with E-state index in [0.717, 1.165) is 22.6 Å². The fraction of sp³-hybridized carbons (Fsp3) is 0.143.